The van der Waals surface area contributed by atoms with Gasteiger partial charge >= 0.3 is 5.97 Å². The Balaban J connectivity index is 2.72. The highest BCUT2D eigenvalue weighted by atomic mass is 16.5. The Bertz CT molecular complexity index is 311. The summed E-state index contributed by atoms with van der Waals surface area (Å²) in [5.41, 5.74) is 5.63. The zero-order valence-electron chi connectivity index (χ0n) is 8.19. The van der Waals surface area contributed by atoms with Gasteiger partial charge in [0.1, 0.15) is 0 Å². The molecule has 1 aromatic rings. The molecule has 0 spiro atoms. The third kappa shape index (κ3) is 2.29. The molecule has 0 saturated heterocycles. The molecule has 0 fully saturated rings. The van der Waals surface area contributed by atoms with Gasteiger partial charge in [0.05, 0.1) is 12.6 Å². The molecule has 0 aliphatic heterocycles. The van der Waals surface area contributed by atoms with Gasteiger partial charge in [-0.25, -0.2) is 4.79 Å². The number of nitrogens with two attached hydrogens (primary N) is 1. The van der Waals surface area contributed by atoms with Crippen LogP contribution in [-0.4, -0.2) is 22.7 Å². The lowest BCUT2D eigenvalue weighted by molar-refractivity contribution is 0.0508. The molecule has 1 rings (SSSR count). The average Bonchev–Trinajstić information content (AvgIpc) is 2.66. The van der Waals surface area contributed by atoms with Gasteiger partial charge in [0, 0.05) is 0 Å². The smallest absolute Gasteiger partial charge is 0.379 e. The van der Waals surface area contributed by atoms with E-state index in [1.807, 2.05) is 6.92 Å². The van der Waals surface area contributed by atoms with Crippen LogP contribution in [0, 0.1) is 0 Å². The molecule has 6 nitrogen and oxygen atoms in total. The van der Waals surface area contributed by atoms with Crippen LogP contribution in [0.3, 0.4) is 0 Å². The molecule has 78 valence electrons. The van der Waals surface area contributed by atoms with E-state index in [0.29, 0.717) is 6.42 Å². The number of aromatic nitrogens is 2. The van der Waals surface area contributed by atoms with E-state index in [0.717, 1.165) is 0 Å². The van der Waals surface area contributed by atoms with Crippen molar-refractivity contribution < 1.29 is 14.1 Å². The summed E-state index contributed by atoms with van der Waals surface area (Å²) in [4.78, 5) is 14.9. The van der Waals surface area contributed by atoms with Crippen molar-refractivity contribution in [3.8, 4) is 0 Å². The monoisotopic (exact) mass is 199 g/mol. The van der Waals surface area contributed by atoms with Crippen LogP contribution >= 0.6 is 0 Å². The zero-order valence-corrected chi connectivity index (χ0v) is 8.19. The summed E-state index contributed by atoms with van der Waals surface area (Å²) >= 11 is 0. The molecule has 0 amide bonds. The van der Waals surface area contributed by atoms with Crippen molar-refractivity contribution in [2.45, 2.75) is 26.3 Å². The fraction of sp³-hybridized carbons (Fsp3) is 0.625. The van der Waals surface area contributed by atoms with Gasteiger partial charge in [-0.15, -0.1) is 0 Å². The van der Waals surface area contributed by atoms with E-state index < -0.39 is 5.97 Å². The van der Waals surface area contributed by atoms with E-state index in [9.17, 15) is 4.79 Å². The van der Waals surface area contributed by atoms with E-state index in [4.69, 9.17) is 10.3 Å². The van der Waals surface area contributed by atoms with Crippen LogP contribution in [0.1, 0.15) is 42.8 Å². The highest BCUT2D eigenvalue weighted by molar-refractivity contribution is 5.84. The van der Waals surface area contributed by atoms with E-state index >= 15 is 0 Å². The van der Waals surface area contributed by atoms with Crippen LogP contribution < -0.4 is 5.73 Å². The van der Waals surface area contributed by atoms with E-state index in [2.05, 4.69) is 14.9 Å². The molecule has 0 aliphatic carbocycles. The Hall–Kier alpha value is -1.43. The lowest BCUT2D eigenvalue weighted by Gasteiger charge is -1.99. The minimum Gasteiger partial charge on any atom is -0.460 e. The van der Waals surface area contributed by atoms with Crippen molar-refractivity contribution in [2.24, 2.45) is 5.73 Å². The Kier molecular flexibility index (Phi) is 3.58. The topological polar surface area (TPSA) is 91.2 Å². The van der Waals surface area contributed by atoms with Crippen LogP contribution in [0.4, 0.5) is 0 Å². The standard InChI is InChI=1S/C8H13N3O3/c1-3-5(9)7-10-6(11-14-7)8(12)13-4-2/h5H,3-4,9H2,1-2H3/t5-/m1/s1. The van der Waals surface area contributed by atoms with Gasteiger partial charge in [-0.05, 0) is 18.5 Å². The summed E-state index contributed by atoms with van der Waals surface area (Å²) in [7, 11) is 0. The first-order valence-electron chi connectivity index (χ1n) is 4.45. The van der Waals surface area contributed by atoms with Gasteiger partial charge in [-0.1, -0.05) is 6.92 Å². The summed E-state index contributed by atoms with van der Waals surface area (Å²) in [6.07, 6.45) is 0.671. The van der Waals surface area contributed by atoms with Crippen LogP contribution in [-0.2, 0) is 4.74 Å². The molecule has 14 heavy (non-hydrogen) atoms. The average molecular weight is 199 g/mol. The van der Waals surface area contributed by atoms with Crippen molar-refractivity contribution in [1.29, 1.82) is 0 Å². The Morgan fingerprint density at radius 1 is 1.64 bits per heavy atom. The molecule has 0 aromatic carbocycles. The fourth-order valence-electron chi connectivity index (χ4n) is 0.839. The molecule has 0 saturated carbocycles. The first kappa shape index (κ1) is 10.6. The minimum atomic E-state index is -0.592. The summed E-state index contributed by atoms with van der Waals surface area (Å²) in [5.74, 6) is -0.410. The van der Waals surface area contributed by atoms with E-state index in [-0.39, 0.29) is 24.4 Å². The van der Waals surface area contributed by atoms with Crippen molar-refractivity contribution >= 4 is 5.97 Å². The lowest BCUT2D eigenvalue weighted by atomic mass is 10.2. The molecular formula is C8H13N3O3. The number of carbonyl (C=O) groups excluding carboxylic acids is 1. The maximum Gasteiger partial charge on any atom is 0.379 e. The predicted octanol–water partition coefficient (Wildman–Crippen LogP) is 0.656. The molecule has 1 heterocycles. The zero-order chi connectivity index (χ0) is 10.6. The molecule has 1 atom stereocenters. The molecule has 0 aliphatic rings. The van der Waals surface area contributed by atoms with Gasteiger partial charge in [0.2, 0.25) is 5.89 Å². The minimum absolute atomic E-state index is 0.0780. The molecule has 0 unspecified atom stereocenters. The number of ether oxygens (including phenoxy) is 1. The molecule has 2 N–H and O–H groups in total. The number of carbonyl (C=O) groups is 1. The first-order valence-corrected chi connectivity index (χ1v) is 4.45. The van der Waals surface area contributed by atoms with E-state index in [1.165, 1.54) is 0 Å². The van der Waals surface area contributed by atoms with Crippen molar-refractivity contribution in [3.05, 3.63) is 11.7 Å². The highest BCUT2D eigenvalue weighted by Crippen LogP contribution is 2.10. The van der Waals surface area contributed by atoms with Gasteiger partial charge in [0.25, 0.3) is 5.82 Å². The Morgan fingerprint density at radius 3 is 2.93 bits per heavy atom. The predicted molar refractivity (Wildman–Crippen MR) is 47.5 cm³/mol. The third-order valence-corrected chi connectivity index (χ3v) is 1.66. The van der Waals surface area contributed by atoms with Crippen molar-refractivity contribution in [1.82, 2.24) is 10.1 Å². The second-order valence-electron chi connectivity index (χ2n) is 2.69. The van der Waals surface area contributed by atoms with Crippen LogP contribution in [0.25, 0.3) is 0 Å². The van der Waals surface area contributed by atoms with Gasteiger partial charge in [0.15, 0.2) is 0 Å². The Labute approximate surface area is 81.4 Å². The fourth-order valence-corrected chi connectivity index (χ4v) is 0.839. The van der Waals surface area contributed by atoms with Crippen LogP contribution in [0.5, 0.6) is 0 Å². The number of esters is 1. The van der Waals surface area contributed by atoms with Crippen molar-refractivity contribution in [3.63, 3.8) is 0 Å². The molecule has 0 bridgehead atoms. The highest BCUT2D eigenvalue weighted by Gasteiger charge is 2.18. The number of nitrogens with zero attached hydrogens (tertiary/aromatic N) is 2. The largest absolute Gasteiger partial charge is 0.460 e. The second-order valence-corrected chi connectivity index (χ2v) is 2.69. The number of hydrogen-bond acceptors (Lipinski definition) is 6. The third-order valence-electron chi connectivity index (χ3n) is 1.66. The normalized spacial score (nSPS) is 12.5. The molecule has 0 radical (unpaired) electrons. The maximum atomic E-state index is 11.1. The number of hydrogen-bond donors (Lipinski definition) is 1. The molecular weight excluding hydrogens is 186 g/mol. The number of rotatable bonds is 4. The summed E-state index contributed by atoms with van der Waals surface area (Å²) in [6.45, 7) is 3.87. The SMILES string of the molecule is CCOC(=O)c1noc([C@H](N)CC)n1. The summed E-state index contributed by atoms with van der Waals surface area (Å²) in [5, 5.41) is 3.46. The van der Waals surface area contributed by atoms with Crippen molar-refractivity contribution in [2.75, 3.05) is 6.61 Å². The van der Waals surface area contributed by atoms with Crippen LogP contribution in [0.15, 0.2) is 4.52 Å². The second kappa shape index (κ2) is 4.71. The molecule has 1 aromatic heterocycles. The quantitative estimate of drug-likeness (QED) is 0.716. The van der Waals surface area contributed by atoms with E-state index in [1.54, 1.807) is 6.92 Å². The Morgan fingerprint density at radius 2 is 2.36 bits per heavy atom. The maximum absolute atomic E-state index is 11.1. The summed E-state index contributed by atoms with van der Waals surface area (Å²) in [6, 6.07) is -0.328. The summed E-state index contributed by atoms with van der Waals surface area (Å²) < 4.78 is 9.49. The van der Waals surface area contributed by atoms with Gasteiger partial charge in [-0.3, -0.25) is 0 Å². The van der Waals surface area contributed by atoms with Gasteiger partial charge < -0.3 is 15.0 Å². The molecule has 6 heteroatoms. The lowest BCUT2D eigenvalue weighted by Crippen LogP contribution is -2.10. The van der Waals surface area contributed by atoms with Gasteiger partial charge in [-0.2, -0.15) is 4.98 Å². The van der Waals surface area contributed by atoms with Crippen LogP contribution in [0.2, 0.25) is 0 Å². The first-order chi connectivity index (χ1) is 6.69.